The summed E-state index contributed by atoms with van der Waals surface area (Å²) in [5.41, 5.74) is 1.18. The highest BCUT2D eigenvalue weighted by molar-refractivity contribution is 7.09. The predicted octanol–water partition coefficient (Wildman–Crippen LogP) is 2.16. The lowest BCUT2D eigenvalue weighted by Crippen LogP contribution is -2.03. The van der Waals surface area contributed by atoms with E-state index in [0.29, 0.717) is 12.4 Å². The van der Waals surface area contributed by atoms with Gasteiger partial charge in [-0.2, -0.15) is 0 Å². The number of aryl methyl sites for hydroxylation is 1. The Labute approximate surface area is 102 Å². The molecule has 0 aliphatic rings. The number of carbonyl (C=O) groups is 1. The van der Waals surface area contributed by atoms with Gasteiger partial charge in [-0.1, -0.05) is 0 Å². The van der Waals surface area contributed by atoms with E-state index in [2.05, 4.69) is 15.3 Å². The lowest BCUT2D eigenvalue weighted by molar-refractivity contribution is 0.0696. The zero-order chi connectivity index (χ0) is 12.3. The minimum Gasteiger partial charge on any atom is -0.478 e. The fourth-order valence-corrected chi connectivity index (χ4v) is 1.99. The van der Waals surface area contributed by atoms with Crippen LogP contribution in [0.1, 0.15) is 21.1 Å². The van der Waals surface area contributed by atoms with E-state index in [1.54, 1.807) is 17.4 Å². The van der Waals surface area contributed by atoms with Crippen LogP contribution in [0.25, 0.3) is 0 Å². The molecule has 2 rings (SSSR count). The van der Waals surface area contributed by atoms with Crippen molar-refractivity contribution in [1.82, 2.24) is 9.97 Å². The van der Waals surface area contributed by atoms with Gasteiger partial charge in [-0.3, -0.25) is 0 Å². The zero-order valence-electron chi connectivity index (χ0n) is 9.17. The van der Waals surface area contributed by atoms with Crippen LogP contribution >= 0.6 is 11.3 Å². The molecule has 0 bridgehead atoms. The van der Waals surface area contributed by atoms with Gasteiger partial charge in [0.05, 0.1) is 12.1 Å². The summed E-state index contributed by atoms with van der Waals surface area (Å²) in [5, 5.41) is 14.8. The lowest BCUT2D eigenvalue weighted by Gasteiger charge is -2.03. The normalized spacial score (nSPS) is 10.2. The topological polar surface area (TPSA) is 75.1 Å². The summed E-state index contributed by atoms with van der Waals surface area (Å²) < 4.78 is 0. The van der Waals surface area contributed by atoms with Crippen LogP contribution in [0.15, 0.2) is 23.7 Å². The second-order valence-electron chi connectivity index (χ2n) is 3.47. The van der Waals surface area contributed by atoms with Gasteiger partial charge >= 0.3 is 5.97 Å². The average Bonchev–Trinajstić information content (AvgIpc) is 2.73. The van der Waals surface area contributed by atoms with E-state index < -0.39 is 5.97 Å². The van der Waals surface area contributed by atoms with Crippen molar-refractivity contribution in [3.8, 4) is 0 Å². The van der Waals surface area contributed by atoms with Crippen LogP contribution in [0.5, 0.6) is 0 Å². The van der Waals surface area contributed by atoms with E-state index in [1.165, 1.54) is 12.3 Å². The number of carboxylic acids is 1. The van der Waals surface area contributed by atoms with Gasteiger partial charge in [0.2, 0.25) is 0 Å². The highest BCUT2D eigenvalue weighted by Crippen LogP contribution is 2.11. The summed E-state index contributed by atoms with van der Waals surface area (Å²) in [4.78, 5) is 18.9. The van der Waals surface area contributed by atoms with Crippen molar-refractivity contribution in [1.29, 1.82) is 0 Å². The van der Waals surface area contributed by atoms with Crippen molar-refractivity contribution >= 4 is 23.1 Å². The van der Waals surface area contributed by atoms with Crippen LogP contribution < -0.4 is 5.32 Å². The predicted molar refractivity (Wildman–Crippen MR) is 65.4 cm³/mol. The first-order valence-electron chi connectivity index (χ1n) is 4.99. The molecule has 2 N–H and O–H groups in total. The molecule has 2 aromatic rings. The molecule has 17 heavy (non-hydrogen) atoms. The number of anilines is 1. The van der Waals surface area contributed by atoms with Gasteiger partial charge in [0.25, 0.3) is 0 Å². The Morgan fingerprint density at radius 1 is 1.53 bits per heavy atom. The molecule has 0 aliphatic heterocycles. The second kappa shape index (κ2) is 4.92. The minimum atomic E-state index is -0.973. The standard InChI is InChI=1S/C11H11N3O2S/c1-7-6-17-10(14-7)5-13-9-3-2-8(4-12-9)11(15)16/h2-4,6H,5H2,1H3,(H,12,13)(H,15,16). The molecular weight excluding hydrogens is 238 g/mol. The first-order valence-corrected chi connectivity index (χ1v) is 5.87. The van der Waals surface area contributed by atoms with Gasteiger partial charge in [-0.15, -0.1) is 11.3 Å². The quantitative estimate of drug-likeness (QED) is 0.868. The number of hydrogen-bond donors (Lipinski definition) is 2. The molecule has 0 saturated carbocycles. The molecule has 0 unspecified atom stereocenters. The Bertz CT molecular complexity index is 522. The minimum absolute atomic E-state index is 0.181. The van der Waals surface area contributed by atoms with Crippen LogP contribution in [-0.4, -0.2) is 21.0 Å². The molecule has 6 heteroatoms. The van der Waals surface area contributed by atoms with E-state index in [0.717, 1.165) is 10.7 Å². The largest absolute Gasteiger partial charge is 0.478 e. The molecule has 88 valence electrons. The Hall–Kier alpha value is -1.95. The first kappa shape index (κ1) is 11.5. The number of thiazole rings is 1. The summed E-state index contributed by atoms with van der Waals surface area (Å²) in [7, 11) is 0. The monoisotopic (exact) mass is 249 g/mol. The van der Waals surface area contributed by atoms with Crippen LogP contribution in [-0.2, 0) is 6.54 Å². The maximum atomic E-state index is 10.6. The number of rotatable bonds is 4. The Morgan fingerprint density at radius 2 is 2.35 bits per heavy atom. The molecule has 5 nitrogen and oxygen atoms in total. The van der Waals surface area contributed by atoms with Crippen molar-refractivity contribution in [2.45, 2.75) is 13.5 Å². The second-order valence-corrected chi connectivity index (χ2v) is 4.42. The van der Waals surface area contributed by atoms with Gasteiger partial charge in [-0.25, -0.2) is 14.8 Å². The molecule has 0 aliphatic carbocycles. The zero-order valence-corrected chi connectivity index (χ0v) is 9.99. The number of hydrogen-bond acceptors (Lipinski definition) is 5. The number of nitrogens with zero attached hydrogens (tertiary/aromatic N) is 2. The molecule has 0 spiro atoms. The van der Waals surface area contributed by atoms with Crippen LogP contribution in [0.2, 0.25) is 0 Å². The van der Waals surface area contributed by atoms with E-state index >= 15 is 0 Å². The SMILES string of the molecule is Cc1csc(CNc2ccc(C(=O)O)cn2)n1. The van der Waals surface area contributed by atoms with Crippen molar-refractivity contribution in [2.24, 2.45) is 0 Å². The first-order chi connectivity index (χ1) is 8.15. The summed E-state index contributed by atoms with van der Waals surface area (Å²) >= 11 is 1.58. The molecule has 0 atom stereocenters. The molecule has 0 amide bonds. The third-order valence-electron chi connectivity index (χ3n) is 2.10. The van der Waals surface area contributed by atoms with E-state index in [9.17, 15) is 4.79 Å². The van der Waals surface area contributed by atoms with Crippen molar-refractivity contribution in [3.05, 3.63) is 40.0 Å². The number of nitrogens with one attached hydrogen (secondary N) is 1. The number of pyridine rings is 1. The maximum absolute atomic E-state index is 10.6. The molecule has 0 saturated heterocycles. The van der Waals surface area contributed by atoms with E-state index in [-0.39, 0.29) is 5.56 Å². The smallest absolute Gasteiger partial charge is 0.337 e. The highest BCUT2D eigenvalue weighted by atomic mass is 32.1. The third kappa shape index (κ3) is 3.01. The average molecular weight is 249 g/mol. The maximum Gasteiger partial charge on any atom is 0.337 e. The summed E-state index contributed by atoms with van der Waals surface area (Å²) in [5.74, 6) is -0.331. The number of aromatic carboxylic acids is 1. The van der Waals surface area contributed by atoms with Gasteiger partial charge in [0, 0.05) is 17.3 Å². The Kier molecular flexibility index (Phi) is 3.34. The van der Waals surface area contributed by atoms with Crippen molar-refractivity contribution < 1.29 is 9.90 Å². The molecular formula is C11H11N3O2S. The number of carboxylic acid groups (broad SMARTS) is 1. The molecule has 0 fully saturated rings. The van der Waals surface area contributed by atoms with Gasteiger partial charge in [-0.05, 0) is 19.1 Å². The van der Waals surface area contributed by atoms with E-state index in [1.807, 2.05) is 12.3 Å². The summed E-state index contributed by atoms with van der Waals surface area (Å²) in [6.45, 7) is 2.54. The molecule has 2 heterocycles. The summed E-state index contributed by atoms with van der Waals surface area (Å²) in [6, 6.07) is 3.16. The van der Waals surface area contributed by atoms with Crippen LogP contribution in [0, 0.1) is 6.92 Å². The molecule has 2 aromatic heterocycles. The van der Waals surface area contributed by atoms with Crippen LogP contribution in [0.4, 0.5) is 5.82 Å². The van der Waals surface area contributed by atoms with Crippen LogP contribution in [0.3, 0.4) is 0 Å². The third-order valence-corrected chi connectivity index (χ3v) is 3.06. The fourth-order valence-electron chi connectivity index (χ4n) is 1.28. The summed E-state index contributed by atoms with van der Waals surface area (Å²) in [6.07, 6.45) is 1.33. The van der Waals surface area contributed by atoms with Crippen molar-refractivity contribution in [3.63, 3.8) is 0 Å². The van der Waals surface area contributed by atoms with Gasteiger partial charge < -0.3 is 10.4 Å². The molecule has 0 radical (unpaired) electrons. The van der Waals surface area contributed by atoms with E-state index in [4.69, 9.17) is 5.11 Å². The Morgan fingerprint density at radius 3 is 2.88 bits per heavy atom. The number of aromatic nitrogens is 2. The lowest BCUT2D eigenvalue weighted by atomic mass is 10.3. The molecule has 0 aromatic carbocycles. The van der Waals surface area contributed by atoms with Crippen molar-refractivity contribution in [2.75, 3.05) is 5.32 Å². The van der Waals surface area contributed by atoms with Gasteiger partial charge in [0.15, 0.2) is 0 Å². The fraction of sp³-hybridized carbons (Fsp3) is 0.182. The Balaban J connectivity index is 1.97. The highest BCUT2D eigenvalue weighted by Gasteiger charge is 2.03. The van der Waals surface area contributed by atoms with Gasteiger partial charge in [0.1, 0.15) is 10.8 Å².